The van der Waals surface area contributed by atoms with E-state index < -0.39 is 9.84 Å². The van der Waals surface area contributed by atoms with Gasteiger partial charge in [0.25, 0.3) is 0 Å². The first-order chi connectivity index (χ1) is 10.00. The Kier molecular flexibility index (Phi) is 2.89. The lowest BCUT2D eigenvalue weighted by Gasteiger charge is -2.09. The molecular weight excluding hydrogens is 292 g/mol. The minimum absolute atomic E-state index is 0.0917. The second-order valence-electron chi connectivity index (χ2n) is 6.60. The van der Waals surface area contributed by atoms with Crippen molar-refractivity contribution in [3.05, 3.63) is 12.0 Å². The number of hydrogen-bond acceptors (Lipinski definition) is 5. The highest BCUT2D eigenvalue weighted by Gasteiger charge is 2.46. The number of amides is 1. The summed E-state index contributed by atoms with van der Waals surface area (Å²) in [6.07, 6.45) is 5.26. The number of carbonyl (C=O) groups excluding carboxylic acids is 1. The maximum Gasteiger partial charge on any atom is 0.301 e. The van der Waals surface area contributed by atoms with E-state index >= 15 is 0 Å². The van der Waals surface area contributed by atoms with Crippen LogP contribution in [-0.2, 0) is 14.6 Å². The van der Waals surface area contributed by atoms with Crippen LogP contribution in [0.25, 0.3) is 0 Å². The van der Waals surface area contributed by atoms with Crippen molar-refractivity contribution in [2.45, 2.75) is 31.6 Å². The largest absolute Gasteiger partial charge is 0.428 e. The van der Waals surface area contributed by atoms with Crippen LogP contribution in [-0.4, -0.2) is 30.8 Å². The molecule has 1 unspecified atom stereocenters. The zero-order valence-electron chi connectivity index (χ0n) is 11.6. The van der Waals surface area contributed by atoms with Crippen LogP contribution < -0.4 is 5.32 Å². The molecule has 1 aromatic heterocycles. The van der Waals surface area contributed by atoms with Crippen LogP contribution in [0.3, 0.4) is 0 Å². The zero-order chi connectivity index (χ0) is 14.6. The van der Waals surface area contributed by atoms with E-state index in [2.05, 4.69) is 10.3 Å². The maximum atomic E-state index is 12.2. The van der Waals surface area contributed by atoms with Gasteiger partial charge in [0.05, 0.1) is 17.7 Å². The first-order valence-electron chi connectivity index (χ1n) is 7.47. The Morgan fingerprint density at radius 1 is 1.24 bits per heavy atom. The summed E-state index contributed by atoms with van der Waals surface area (Å²) >= 11 is 0. The van der Waals surface area contributed by atoms with Crippen molar-refractivity contribution in [1.82, 2.24) is 4.98 Å². The summed E-state index contributed by atoms with van der Waals surface area (Å²) < 4.78 is 28.6. The summed E-state index contributed by atoms with van der Waals surface area (Å²) in [6.45, 7) is 0. The molecule has 6 nitrogen and oxygen atoms in total. The predicted molar refractivity (Wildman–Crippen MR) is 75.5 cm³/mol. The van der Waals surface area contributed by atoms with E-state index in [4.69, 9.17) is 4.42 Å². The Bertz CT molecular complexity index is 657. The van der Waals surface area contributed by atoms with Crippen molar-refractivity contribution in [3.8, 4) is 0 Å². The fourth-order valence-corrected chi connectivity index (χ4v) is 5.92. The van der Waals surface area contributed by atoms with Crippen molar-refractivity contribution in [2.75, 3.05) is 16.8 Å². The van der Waals surface area contributed by atoms with Gasteiger partial charge in [0, 0.05) is 11.8 Å². The third kappa shape index (κ3) is 2.59. The van der Waals surface area contributed by atoms with Gasteiger partial charge in [-0.1, -0.05) is 0 Å². The van der Waals surface area contributed by atoms with Crippen LogP contribution in [0, 0.1) is 17.8 Å². The maximum absolute atomic E-state index is 12.2. The first-order valence-corrected chi connectivity index (χ1v) is 9.29. The summed E-state index contributed by atoms with van der Waals surface area (Å²) in [5.41, 5.74) is 0. The molecule has 7 heteroatoms. The molecule has 0 radical (unpaired) electrons. The molecule has 1 saturated heterocycles. The molecule has 2 aliphatic carbocycles. The number of sulfone groups is 1. The van der Waals surface area contributed by atoms with E-state index in [9.17, 15) is 13.2 Å². The van der Waals surface area contributed by atoms with Gasteiger partial charge >= 0.3 is 6.01 Å². The molecule has 1 aromatic rings. The zero-order valence-corrected chi connectivity index (χ0v) is 12.4. The van der Waals surface area contributed by atoms with Crippen molar-refractivity contribution in [1.29, 1.82) is 0 Å². The number of hydrogen-bond donors (Lipinski definition) is 1. The van der Waals surface area contributed by atoms with Crippen LogP contribution in [0.1, 0.15) is 37.4 Å². The molecule has 0 aromatic carbocycles. The van der Waals surface area contributed by atoms with Crippen molar-refractivity contribution in [2.24, 2.45) is 17.8 Å². The monoisotopic (exact) mass is 310 g/mol. The molecule has 1 N–H and O–H groups in total. The molecule has 0 spiro atoms. The molecular formula is C14H18N2O4S. The highest BCUT2D eigenvalue weighted by atomic mass is 32.2. The highest BCUT2D eigenvalue weighted by molar-refractivity contribution is 7.91. The average Bonchev–Trinajstić information content (AvgIpc) is 2.92. The minimum Gasteiger partial charge on any atom is -0.428 e. The summed E-state index contributed by atoms with van der Waals surface area (Å²) in [5, 5.41) is 2.73. The highest BCUT2D eigenvalue weighted by Crippen LogP contribution is 2.43. The predicted octanol–water partition coefficient (Wildman–Crippen LogP) is 1.56. The lowest BCUT2D eigenvalue weighted by atomic mass is 10.0. The van der Waals surface area contributed by atoms with E-state index in [-0.39, 0.29) is 41.2 Å². The Morgan fingerprint density at radius 2 is 1.90 bits per heavy atom. The Morgan fingerprint density at radius 3 is 2.52 bits per heavy atom. The second-order valence-corrected chi connectivity index (χ2v) is 8.75. The number of carbonyl (C=O) groups is 1. The van der Waals surface area contributed by atoms with E-state index in [1.165, 1.54) is 0 Å². The molecule has 2 heterocycles. The first kappa shape index (κ1) is 13.3. The quantitative estimate of drug-likeness (QED) is 0.915. The standard InChI is InChI=1S/C14H18N2O4S/c17-13(16-14-15-5-12(20-14)8-1-2-8)9-3-10-6-21(18,19)7-11(10)4-9/h5,8-11H,1-4,6-7H2,(H,15,16,17)/t9?,10-,11+. The fourth-order valence-electron chi connectivity index (χ4n) is 3.66. The molecule has 0 bridgehead atoms. The molecule has 1 aliphatic heterocycles. The van der Waals surface area contributed by atoms with Crippen molar-refractivity contribution >= 4 is 21.8 Å². The second kappa shape index (κ2) is 4.56. The fraction of sp³-hybridized carbons (Fsp3) is 0.714. The van der Waals surface area contributed by atoms with Gasteiger partial charge in [-0.2, -0.15) is 0 Å². The van der Waals surface area contributed by atoms with E-state index in [0.29, 0.717) is 18.8 Å². The van der Waals surface area contributed by atoms with Crippen molar-refractivity contribution in [3.63, 3.8) is 0 Å². The topological polar surface area (TPSA) is 89.3 Å². The van der Waals surface area contributed by atoms with Crippen LogP contribution in [0.15, 0.2) is 10.6 Å². The van der Waals surface area contributed by atoms with Crippen LogP contribution in [0.5, 0.6) is 0 Å². The van der Waals surface area contributed by atoms with Gasteiger partial charge in [-0.15, -0.1) is 0 Å². The minimum atomic E-state index is -2.88. The number of oxazole rings is 1. The summed E-state index contributed by atoms with van der Waals surface area (Å²) in [6, 6.07) is 0.270. The lowest BCUT2D eigenvalue weighted by molar-refractivity contribution is -0.119. The van der Waals surface area contributed by atoms with Gasteiger partial charge in [0.15, 0.2) is 9.84 Å². The number of nitrogens with one attached hydrogen (secondary N) is 1. The number of fused-ring (bicyclic) bond motifs is 1. The Hall–Kier alpha value is -1.37. The molecule has 21 heavy (non-hydrogen) atoms. The normalized spacial score (nSPS) is 33.8. The van der Waals surface area contributed by atoms with E-state index in [0.717, 1.165) is 18.6 Å². The smallest absolute Gasteiger partial charge is 0.301 e. The molecule has 2 saturated carbocycles. The van der Waals surface area contributed by atoms with Gasteiger partial charge in [0.2, 0.25) is 5.91 Å². The molecule has 3 fully saturated rings. The van der Waals surface area contributed by atoms with Crippen LogP contribution in [0.4, 0.5) is 6.01 Å². The van der Waals surface area contributed by atoms with Gasteiger partial charge in [-0.05, 0) is 37.5 Å². The third-order valence-corrected chi connectivity index (χ3v) is 6.75. The molecule has 4 rings (SSSR count). The van der Waals surface area contributed by atoms with E-state index in [1.807, 2.05) is 0 Å². The molecule has 3 atom stereocenters. The lowest BCUT2D eigenvalue weighted by Crippen LogP contribution is -2.22. The van der Waals surface area contributed by atoms with Gasteiger partial charge in [-0.25, -0.2) is 13.4 Å². The molecule has 114 valence electrons. The Balaban J connectivity index is 1.38. The van der Waals surface area contributed by atoms with Gasteiger partial charge in [0.1, 0.15) is 5.76 Å². The van der Waals surface area contributed by atoms with Gasteiger partial charge < -0.3 is 4.42 Å². The van der Waals surface area contributed by atoms with Crippen LogP contribution >= 0.6 is 0 Å². The third-order valence-electron chi connectivity index (χ3n) is 4.88. The van der Waals surface area contributed by atoms with E-state index in [1.54, 1.807) is 6.20 Å². The van der Waals surface area contributed by atoms with Crippen LogP contribution in [0.2, 0.25) is 0 Å². The number of anilines is 1. The molecule has 1 amide bonds. The number of nitrogens with zero attached hydrogens (tertiary/aromatic N) is 1. The van der Waals surface area contributed by atoms with Gasteiger partial charge in [-0.3, -0.25) is 10.1 Å². The van der Waals surface area contributed by atoms with Crippen molar-refractivity contribution < 1.29 is 17.6 Å². The summed E-state index contributed by atoms with van der Waals surface area (Å²) in [7, 11) is -2.88. The molecule has 3 aliphatic rings. The number of aromatic nitrogens is 1. The summed E-state index contributed by atoms with van der Waals surface area (Å²) in [5.74, 6) is 1.89. The SMILES string of the molecule is O=C(Nc1ncc(C2CC2)o1)C1C[C@@H]2CS(=O)(=O)C[C@@H]2C1. The number of rotatable bonds is 3. The Labute approximate surface area is 123 Å². The average molecular weight is 310 g/mol. The summed E-state index contributed by atoms with van der Waals surface area (Å²) in [4.78, 5) is 16.3.